The highest BCUT2D eigenvalue weighted by molar-refractivity contribution is 6.33. The maximum Gasteiger partial charge on any atom is 0.271 e. The molecule has 0 aliphatic carbocycles. The average molecular weight is 502 g/mol. The van der Waals surface area contributed by atoms with Crippen molar-refractivity contribution in [2.24, 2.45) is 11.8 Å². The Labute approximate surface area is 207 Å². The number of piperidine rings is 1. The van der Waals surface area contributed by atoms with Gasteiger partial charge in [0.15, 0.2) is 0 Å². The molecule has 34 heavy (non-hydrogen) atoms. The fourth-order valence-corrected chi connectivity index (χ4v) is 4.57. The molecule has 0 bridgehead atoms. The van der Waals surface area contributed by atoms with E-state index in [2.05, 4.69) is 20.5 Å². The van der Waals surface area contributed by atoms with Gasteiger partial charge in [0.1, 0.15) is 5.69 Å². The van der Waals surface area contributed by atoms with E-state index in [1.54, 1.807) is 23.1 Å². The number of hydrogen-bond acceptors (Lipinski definition) is 5. The molecule has 4 rings (SSSR count). The number of methoxy groups -OCH3 is 1. The average Bonchev–Trinajstić information content (AvgIpc) is 3.32. The quantitative estimate of drug-likeness (QED) is 0.526. The van der Waals surface area contributed by atoms with Crippen molar-refractivity contribution in [1.82, 2.24) is 25.4 Å². The first-order chi connectivity index (χ1) is 16.4. The fourth-order valence-electron chi connectivity index (χ4n) is 4.15. The molecule has 10 heteroatoms. The van der Waals surface area contributed by atoms with E-state index in [4.69, 9.17) is 27.9 Å². The van der Waals surface area contributed by atoms with Gasteiger partial charge >= 0.3 is 0 Å². The second kappa shape index (κ2) is 10.4. The topological polar surface area (TPSA) is 100 Å². The molecular weight excluding hydrogens is 477 g/mol. The molecule has 1 aliphatic heterocycles. The van der Waals surface area contributed by atoms with E-state index in [9.17, 15) is 9.59 Å². The number of likely N-dealkylation sites (tertiary alicyclic amines) is 1. The van der Waals surface area contributed by atoms with Crippen LogP contribution in [-0.2, 0) is 11.3 Å². The van der Waals surface area contributed by atoms with Crippen LogP contribution < -0.4 is 10.1 Å². The summed E-state index contributed by atoms with van der Waals surface area (Å²) in [6, 6.07) is 10.7. The van der Waals surface area contributed by atoms with Crippen LogP contribution in [0.25, 0.3) is 11.3 Å². The number of aromatic amines is 1. The van der Waals surface area contributed by atoms with Gasteiger partial charge < -0.3 is 15.0 Å². The lowest BCUT2D eigenvalue weighted by molar-refractivity contribution is -0.128. The molecule has 0 radical (unpaired) electrons. The van der Waals surface area contributed by atoms with Crippen LogP contribution in [0.5, 0.6) is 5.88 Å². The summed E-state index contributed by atoms with van der Waals surface area (Å²) in [5.74, 6) is 0.0760. The highest BCUT2D eigenvalue weighted by Gasteiger charge is 2.34. The van der Waals surface area contributed by atoms with E-state index in [0.717, 1.165) is 5.56 Å². The van der Waals surface area contributed by atoms with E-state index in [1.165, 1.54) is 13.3 Å². The van der Waals surface area contributed by atoms with Gasteiger partial charge in [0.05, 0.1) is 24.0 Å². The Morgan fingerprint density at radius 2 is 2.09 bits per heavy atom. The van der Waals surface area contributed by atoms with Gasteiger partial charge in [0.2, 0.25) is 11.8 Å². The van der Waals surface area contributed by atoms with E-state index < -0.39 is 0 Å². The van der Waals surface area contributed by atoms with Crippen LogP contribution in [0.3, 0.4) is 0 Å². The second-order valence-corrected chi connectivity index (χ2v) is 9.19. The highest BCUT2D eigenvalue weighted by atomic mass is 35.5. The number of carbonyl (C=O) groups is 2. The van der Waals surface area contributed by atoms with Crippen LogP contribution in [0.4, 0.5) is 0 Å². The standard InChI is InChI=1S/C24H25Cl2N5O3/c1-14-13-31(7-6-17(14)23(32)28-11-15-4-3-5-16(25)8-15)24(33)21-10-20(29-30-21)18-9-22(34-2)27-12-19(18)26/h3-5,8-10,12,14,17H,6-7,11,13H2,1-2H3,(H,28,32)(H,29,30). The molecule has 178 valence electrons. The number of nitrogens with zero attached hydrogens (tertiary/aromatic N) is 3. The maximum absolute atomic E-state index is 13.1. The molecule has 2 aromatic heterocycles. The van der Waals surface area contributed by atoms with E-state index >= 15 is 0 Å². The molecule has 2 N–H and O–H groups in total. The van der Waals surface area contributed by atoms with Crippen LogP contribution in [0.2, 0.25) is 10.0 Å². The Balaban J connectivity index is 1.37. The molecule has 3 aromatic rings. The van der Waals surface area contributed by atoms with E-state index in [1.807, 2.05) is 25.1 Å². The number of carbonyl (C=O) groups excluding carboxylic acids is 2. The molecule has 2 amide bonds. The number of halogens is 2. The van der Waals surface area contributed by atoms with Gasteiger partial charge in [-0.05, 0) is 36.1 Å². The lowest BCUT2D eigenvalue weighted by Crippen LogP contribution is -2.47. The largest absolute Gasteiger partial charge is 0.481 e. The molecule has 1 saturated heterocycles. The fraction of sp³-hybridized carbons (Fsp3) is 0.333. The van der Waals surface area contributed by atoms with Crippen LogP contribution in [0, 0.1) is 11.8 Å². The number of H-pyrrole nitrogens is 1. The van der Waals surface area contributed by atoms with Crippen molar-refractivity contribution < 1.29 is 14.3 Å². The molecule has 2 unspecified atom stereocenters. The molecule has 2 atom stereocenters. The smallest absolute Gasteiger partial charge is 0.271 e. The van der Waals surface area contributed by atoms with Crippen molar-refractivity contribution in [3.05, 3.63) is 63.9 Å². The molecule has 1 aliphatic rings. The molecule has 0 spiro atoms. The van der Waals surface area contributed by atoms with Crippen molar-refractivity contribution in [2.75, 3.05) is 20.2 Å². The zero-order valence-corrected chi connectivity index (χ0v) is 20.4. The number of amides is 2. The summed E-state index contributed by atoms with van der Waals surface area (Å²) >= 11 is 12.3. The summed E-state index contributed by atoms with van der Waals surface area (Å²) in [6.45, 7) is 3.37. The minimum Gasteiger partial charge on any atom is -0.481 e. The Morgan fingerprint density at radius 1 is 1.26 bits per heavy atom. The zero-order chi connectivity index (χ0) is 24.2. The number of rotatable bonds is 6. The van der Waals surface area contributed by atoms with Crippen molar-refractivity contribution in [1.29, 1.82) is 0 Å². The molecule has 3 heterocycles. The predicted molar refractivity (Wildman–Crippen MR) is 130 cm³/mol. The molecule has 1 aromatic carbocycles. The normalized spacial score (nSPS) is 17.9. The summed E-state index contributed by atoms with van der Waals surface area (Å²) in [7, 11) is 1.52. The Hall–Kier alpha value is -3.10. The number of aromatic nitrogens is 3. The lowest BCUT2D eigenvalue weighted by atomic mass is 9.86. The van der Waals surface area contributed by atoms with Crippen molar-refractivity contribution in [3.8, 4) is 17.1 Å². The third-order valence-corrected chi connectivity index (χ3v) is 6.54. The SMILES string of the molecule is COc1cc(-c2cc(C(=O)N3CCC(C(=O)NCc4cccc(Cl)c4)C(C)C3)[nH]n2)c(Cl)cn1. The van der Waals surface area contributed by atoms with Crippen LogP contribution >= 0.6 is 23.2 Å². The molecule has 0 saturated carbocycles. The number of benzene rings is 1. The van der Waals surface area contributed by atoms with Gasteiger partial charge in [-0.15, -0.1) is 0 Å². The monoisotopic (exact) mass is 501 g/mol. The van der Waals surface area contributed by atoms with Gasteiger partial charge in [-0.3, -0.25) is 14.7 Å². The van der Waals surface area contributed by atoms with Crippen molar-refractivity contribution in [2.45, 2.75) is 19.9 Å². The lowest BCUT2D eigenvalue weighted by Gasteiger charge is -2.36. The highest BCUT2D eigenvalue weighted by Crippen LogP contribution is 2.30. The Bertz CT molecular complexity index is 1200. The van der Waals surface area contributed by atoms with Crippen LogP contribution in [0.15, 0.2) is 42.6 Å². The Kier molecular flexibility index (Phi) is 7.38. The Morgan fingerprint density at radius 3 is 2.82 bits per heavy atom. The first-order valence-corrected chi connectivity index (χ1v) is 11.7. The van der Waals surface area contributed by atoms with Crippen molar-refractivity contribution in [3.63, 3.8) is 0 Å². The third-order valence-electron chi connectivity index (χ3n) is 6.01. The number of hydrogen-bond donors (Lipinski definition) is 2. The summed E-state index contributed by atoms with van der Waals surface area (Å²) in [5, 5.41) is 11.1. The number of ether oxygens (including phenoxy) is 1. The molecule has 8 nitrogen and oxygen atoms in total. The molecule has 1 fully saturated rings. The van der Waals surface area contributed by atoms with Gasteiger partial charge in [-0.25, -0.2) is 4.98 Å². The van der Waals surface area contributed by atoms with Gasteiger partial charge in [-0.2, -0.15) is 5.10 Å². The predicted octanol–water partition coefficient (Wildman–Crippen LogP) is 4.20. The zero-order valence-electron chi connectivity index (χ0n) is 18.8. The minimum absolute atomic E-state index is 0.00956. The number of pyridine rings is 1. The van der Waals surface area contributed by atoms with Gasteiger partial charge in [-0.1, -0.05) is 42.3 Å². The minimum atomic E-state index is -0.166. The van der Waals surface area contributed by atoms with Crippen molar-refractivity contribution >= 4 is 35.0 Å². The van der Waals surface area contributed by atoms with E-state index in [0.29, 0.717) is 58.9 Å². The third kappa shape index (κ3) is 5.34. The summed E-state index contributed by atoms with van der Waals surface area (Å²) < 4.78 is 5.15. The number of nitrogens with one attached hydrogen (secondary N) is 2. The van der Waals surface area contributed by atoms with Crippen LogP contribution in [0.1, 0.15) is 29.4 Å². The first-order valence-electron chi connectivity index (χ1n) is 10.9. The summed E-state index contributed by atoms with van der Waals surface area (Å²) in [6.07, 6.45) is 2.07. The first kappa shape index (κ1) is 24.0. The van der Waals surface area contributed by atoms with E-state index in [-0.39, 0.29) is 23.7 Å². The summed E-state index contributed by atoms with van der Waals surface area (Å²) in [5.41, 5.74) is 2.45. The van der Waals surface area contributed by atoms with Crippen LogP contribution in [-0.4, -0.2) is 52.1 Å². The van der Waals surface area contributed by atoms with Gasteiger partial charge in [0.25, 0.3) is 5.91 Å². The van der Waals surface area contributed by atoms with Gasteiger partial charge in [0, 0.05) is 42.2 Å². The maximum atomic E-state index is 13.1. The molecular formula is C24H25Cl2N5O3. The summed E-state index contributed by atoms with van der Waals surface area (Å²) in [4.78, 5) is 31.7. The second-order valence-electron chi connectivity index (χ2n) is 8.34.